The lowest BCUT2D eigenvalue weighted by molar-refractivity contribution is -0.114. The van der Waals surface area contributed by atoms with Gasteiger partial charge in [0.05, 0.1) is 5.69 Å². The second kappa shape index (κ2) is 7.81. The summed E-state index contributed by atoms with van der Waals surface area (Å²) in [6.45, 7) is 6.06. The number of nitrogens with zero attached hydrogens (tertiary/aromatic N) is 2. The Morgan fingerprint density at radius 3 is 2.73 bits per heavy atom. The molecule has 1 N–H and O–H groups in total. The molecule has 0 fully saturated rings. The molecule has 0 aliphatic heterocycles. The van der Waals surface area contributed by atoms with Crippen LogP contribution in [-0.4, -0.2) is 28.8 Å². The summed E-state index contributed by atoms with van der Waals surface area (Å²) < 4.78 is 0. The minimum atomic E-state index is -1.09. The highest BCUT2D eigenvalue weighted by molar-refractivity contribution is 7.14. The van der Waals surface area contributed by atoms with Crippen LogP contribution >= 0.6 is 34.5 Å². The Morgan fingerprint density at radius 1 is 1.36 bits per heavy atom. The molecule has 1 aromatic carbocycles. The van der Waals surface area contributed by atoms with Crippen molar-refractivity contribution in [1.29, 1.82) is 0 Å². The lowest BCUT2D eigenvalue weighted by Gasteiger charge is -2.16. The maximum atomic E-state index is 11.5. The number of rotatable bonds is 6. The van der Waals surface area contributed by atoms with Gasteiger partial charge in [0.15, 0.2) is 9.97 Å². The summed E-state index contributed by atoms with van der Waals surface area (Å²) in [4.78, 5) is 17.3. The first kappa shape index (κ1) is 17.1. The normalized spacial score (nSPS) is 10.8. The van der Waals surface area contributed by atoms with Crippen molar-refractivity contribution in [2.75, 3.05) is 23.3 Å². The van der Waals surface area contributed by atoms with E-state index in [1.807, 2.05) is 23.6 Å². The molecule has 0 spiro atoms. The van der Waals surface area contributed by atoms with Crippen molar-refractivity contribution < 1.29 is 4.79 Å². The number of benzene rings is 1. The van der Waals surface area contributed by atoms with Crippen molar-refractivity contribution in [3.63, 3.8) is 0 Å². The summed E-state index contributed by atoms with van der Waals surface area (Å²) in [6, 6.07) is 7.46. The molecule has 22 heavy (non-hydrogen) atoms. The van der Waals surface area contributed by atoms with Crippen LogP contribution in [0, 0.1) is 0 Å². The number of nitrogens with one attached hydrogen (secondary N) is 1. The van der Waals surface area contributed by atoms with Gasteiger partial charge in [0.25, 0.3) is 5.91 Å². The van der Waals surface area contributed by atoms with E-state index in [0.717, 1.165) is 29.5 Å². The van der Waals surface area contributed by atoms with Crippen LogP contribution in [0.4, 0.5) is 10.8 Å². The van der Waals surface area contributed by atoms with Crippen molar-refractivity contribution in [3.8, 4) is 11.3 Å². The Labute approximate surface area is 144 Å². The number of carbonyl (C=O) groups is 1. The smallest absolute Gasteiger partial charge is 0.257 e. The molecular weight excluding hydrogens is 341 g/mol. The number of anilines is 2. The van der Waals surface area contributed by atoms with E-state index in [9.17, 15) is 4.79 Å². The molecule has 0 aliphatic rings. The number of halogens is 2. The quantitative estimate of drug-likeness (QED) is 0.779. The summed E-state index contributed by atoms with van der Waals surface area (Å²) >= 11 is 12.7. The third kappa shape index (κ3) is 4.12. The zero-order chi connectivity index (χ0) is 16.1. The Hall–Kier alpha value is -1.30. The molecular formula is C15H17Cl2N3OS. The molecule has 0 aliphatic carbocycles. The van der Waals surface area contributed by atoms with Crippen molar-refractivity contribution in [2.24, 2.45) is 0 Å². The first-order valence-corrected chi connectivity index (χ1v) is 8.70. The van der Waals surface area contributed by atoms with Gasteiger partial charge in [-0.15, -0.1) is 11.3 Å². The number of thiazole rings is 1. The van der Waals surface area contributed by atoms with Crippen LogP contribution < -0.4 is 10.2 Å². The second-order valence-electron chi connectivity index (χ2n) is 4.56. The van der Waals surface area contributed by atoms with Crippen LogP contribution in [0.25, 0.3) is 11.3 Å². The van der Waals surface area contributed by atoms with Crippen molar-refractivity contribution >= 4 is 51.3 Å². The van der Waals surface area contributed by atoms with Crippen LogP contribution in [0.5, 0.6) is 0 Å². The Kier molecular flexibility index (Phi) is 6.06. The molecule has 2 rings (SSSR count). The van der Waals surface area contributed by atoms with Crippen LogP contribution in [-0.2, 0) is 4.79 Å². The molecule has 2 aromatic rings. The predicted molar refractivity (Wildman–Crippen MR) is 95.2 cm³/mol. The lowest BCUT2D eigenvalue weighted by atomic mass is 10.1. The molecule has 118 valence electrons. The monoisotopic (exact) mass is 357 g/mol. The zero-order valence-electron chi connectivity index (χ0n) is 12.3. The third-order valence-electron chi connectivity index (χ3n) is 3.15. The van der Waals surface area contributed by atoms with E-state index in [1.54, 1.807) is 17.4 Å². The van der Waals surface area contributed by atoms with Gasteiger partial charge in [-0.3, -0.25) is 4.79 Å². The first-order chi connectivity index (χ1) is 10.5. The standard InChI is InChI=1S/C15H17Cl2N3OS/c1-3-20(4-2)15-19-12(9-22-15)10-6-5-7-11(8-10)18-14(21)13(16)17/h5-9,13H,3-4H2,1-2H3,(H,18,21). The minimum Gasteiger partial charge on any atom is -0.349 e. The highest BCUT2D eigenvalue weighted by atomic mass is 35.5. The number of hydrogen-bond acceptors (Lipinski definition) is 4. The molecule has 0 radical (unpaired) electrons. The van der Waals surface area contributed by atoms with E-state index in [-0.39, 0.29) is 0 Å². The van der Waals surface area contributed by atoms with E-state index in [2.05, 4.69) is 29.0 Å². The summed E-state index contributed by atoms with van der Waals surface area (Å²) in [5, 5.41) is 5.68. The molecule has 1 heterocycles. The summed E-state index contributed by atoms with van der Waals surface area (Å²) in [7, 11) is 0. The van der Waals surface area contributed by atoms with Gasteiger partial charge in [-0.05, 0) is 26.0 Å². The second-order valence-corrected chi connectivity index (χ2v) is 6.49. The van der Waals surface area contributed by atoms with Gasteiger partial charge in [0, 0.05) is 29.7 Å². The molecule has 0 atom stereocenters. The molecule has 0 bridgehead atoms. The van der Waals surface area contributed by atoms with Gasteiger partial charge in [-0.25, -0.2) is 4.98 Å². The van der Waals surface area contributed by atoms with Gasteiger partial charge in [0.1, 0.15) is 0 Å². The SMILES string of the molecule is CCN(CC)c1nc(-c2cccc(NC(=O)C(Cl)Cl)c2)cs1. The van der Waals surface area contributed by atoms with E-state index in [0.29, 0.717) is 5.69 Å². The highest BCUT2D eigenvalue weighted by Gasteiger charge is 2.13. The number of amides is 1. The van der Waals surface area contributed by atoms with Gasteiger partial charge in [-0.1, -0.05) is 35.3 Å². The minimum absolute atomic E-state index is 0.442. The highest BCUT2D eigenvalue weighted by Crippen LogP contribution is 2.28. The topological polar surface area (TPSA) is 45.2 Å². The Morgan fingerprint density at radius 2 is 2.09 bits per heavy atom. The molecule has 1 aromatic heterocycles. The van der Waals surface area contributed by atoms with Crippen LogP contribution in [0.1, 0.15) is 13.8 Å². The van der Waals surface area contributed by atoms with E-state index in [4.69, 9.17) is 23.2 Å². The van der Waals surface area contributed by atoms with Crippen molar-refractivity contribution in [2.45, 2.75) is 18.7 Å². The number of hydrogen-bond donors (Lipinski definition) is 1. The largest absolute Gasteiger partial charge is 0.349 e. The Balaban J connectivity index is 2.21. The van der Waals surface area contributed by atoms with Crippen LogP contribution in [0.3, 0.4) is 0 Å². The fourth-order valence-corrected chi connectivity index (χ4v) is 3.06. The van der Waals surface area contributed by atoms with Gasteiger partial charge >= 0.3 is 0 Å². The summed E-state index contributed by atoms with van der Waals surface area (Å²) in [5.74, 6) is -0.442. The summed E-state index contributed by atoms with van der Waals surface area (Å²) in [5.41, 5.74) is 2.47. The van der Waals surface area contributed by atoms with E-state index in [1.165, 1.54) is 0 Å². The van der Waals surface area contributed by atoms with Crippen LogP contribution in [0.15, 0.2) is 29.6 Å². The maximum absolute atomic E-state index is 11.5. The average molecular weight is 358 g/mol. The zero-order valence-corrected chi connectivity index (χ0v) is 14.7. The number of carbonyl (C=O) groups excluding carboxylic acids is 1. The van der Waals surface area contributed by atoms with Crippen molar-refractivity contribution in [1.82, 2.24) is 4.98 Å². The van der Waals surface area contributed by atoms with Crippen LogP contribution in [0.2, 0.25) is 0 Å². The molecule has 7 heteroatoms. The number of aromatic nitrogens is 1. The number of alkyl halides is 2. The molecule has 0 saturated carbocycles. The lowest BCUT2D eigenvalue weighted by Crippen LogP contribution is -2.21. The molecule has 4 nitrogen and oxygen atoms in total. The third-order valence-corrected chi connectivity index (χ3v) is 4.45. The molecule has 0 unspecified atom stereocenters. The molecule has 1 amide bonds. The van der Waals surface area contributed by atoms with E-state index >= 15 is 0 Å². The fourth-order valence-electron chi connectivity index (χ4n) is 1.99. The Bertz CT molecular complexity index is 641. The van der Waals surface area contributed by atoms with Gasteiger partial charge in [-0.2, -0.15) is 0 Å². The average Bonchev–Trinajstić information content (AvgIpc) is 2.98. The fraction of sp³-hybridized carbons (Fsp3) is 0.333. The first-order valence-electron chi connectivity index (χ1n) is 6.95. The van der Waals surface area contributed by atoms with Gasteiger partial charge < -0.3 is 10.2 Å². The summed E-state index contributed by atoms with van der Waals surface area (Å²) in [6.07, 6.45) is 0. The van der Waals surface area contributed by atoms with Crippen molar-refractivity contribution in [3.05, 3.63) is 29.6 Å². The van der Waals surface area contributed by atoms with E-state index < -0.39 is 10.7 Å². The van der Waals surface area contributed by atoms with Gasteiger partial charge in [0.2, 0.25) is 0 Å². The maximum Gasteiger partial charge on any atom is 0.257 e. The predicted octanol–water partition coefficient (Wildman–Crippen LogP) is 4.40. The molecule has 0 saturated heterocycles.